The Bertz CT molecular complexity index is 609. The highest BCUT2D eigenvalue weighted by molar-refractivity contribution is 6.30. The Morgan fingerprint density at radius 1 is 1.26 bits per heavy atom. The molecule has 1 amide bonds. The first-order chi connectivity index (χ1) is 10.1. The summed E-state index contributed by atoms with van der Waals surface area (Å²) in [6.45, 7) is 1.80. The molecule has 4 nitrogen and oxygen atoms in total. The lowest BCUT2D eigenvalue weighted by atomic mass is 10.0. The minimum absolute atomic E-state index is 0. The number of carbonyl (C=O) groups is 1. The molecule has 0 spiro atoms. The summed E-state index contributed by atoms with van der Waals surface area (Å²) in [7, 11) is 0. The summed E-state index contributed by atoms with van der Waals surface area (Å²) in [6.07, 6.45) is 1.97. The van der Waals surface area contributed by atoms with Crippen molar-refractivity contribution in [3.05, 3.63) is 64.9 Å². The van der Waals surface area contributed by atoms with E-state index in [0.29, 0.717) is 5.02 Å². The molecule has 2 atom stereocenters. The van der Waals surface area contributed by atoms with E-state index < -0.39 is 0 Å². The second-order valence-corrected chi connectivity index (χ2v) is 5.43. The van der Waals surface area contributed by atoms with Gasteiger partial charge in [-0.1, -0.05) is 29.8 Å². The molecule has 1 aromatic heterocycles. The number of nitrogens with zero attached hydrogens (tertiary/aromatic N) is 1. The van der Waals surface area contributed by atoms with Crippen molar-refractivity contribution in [1.29, 1.82) is 0 Å². The predicted octanol–water partition coefficient (Wildman–Crippen LogP) is 3.52. The van der Waals surface area contributed by atoms with Crippen LogP contribution in [0.1, 0.15) is 30.6 Å². The van der Waals surface area contributed by atoms with Crippen molar-refractivity contribution in [3.63, 3.8) is 0 Å². The number of rotatable bonds is 5. The summed E-state index contributed by atoms with van der Waals surface area (Å²) in [4.78, 5) is 16.4. The molecule has 2 rings (SSSR count). The number of hydrogen-bond acceptors (Lipinski definition) is 3. The van der Waals surface area contributed by atoms with E-state index in [2.05, 4.69) is 10.3 Å². The van der Waals surface area contributed by atoms with Gasteiger partial charge in [0.05, 0.1) is 11.7 Å². The van der Waals surface area contributed by atoms with E-state index in [0.717, 1.165) is 11.3 Å². The number of hydrogen-bond donors (Lipinski definition) is 2. The lowest BCUT2D eigenvalue weighted by Gasteiger charge is -2.19. The monoisotopic (exact) mass is 375 g/mol. The van der Waals surface area contributed by atoms with Gasteiger partial charge in [-0.25, -0.2) is 0 Å². The highest BCUT2D eigenvalue weighted by atomic mass is 35.5. The van der Waals surface area contributed by atoms with Crippen LogP contribution in [0.3, 0.4) is 0 Å². The predicted molar refractivity (Wildman–Crippen MR) is 98.4 cm³/mol. The Kier molecular flexibility index (Phi) is 9.84. The van der Waals surface area contributed by atoms with Gasteiger partial charge in [0.25, 0.3) is 0 Å². The van der Waals surface area contributed by atoms with E-state index in [4.69, 9.17) is 17.3 Å². The minimum atomic E-state index is -0.337. The molecule has 0 radical (unpaired) electrons. The van der Waals surface area contributed by atoms with Crippen molar-refractivity contribution in [3.8, 4) is 0 Å². The molecule has 0 bridgehead atoms. The molecule has 0 fully saturated rings. The maximum absolute atomic E-state index is 12.0. The van der Waals surface area contributed by atoms with E-state index in [1.54, 1.807) is 19.2 Å². The van der Waals surface area contributed by atoms with Gasteiger partial charge >= 0.3 is 0 Å². The molecule has 23 heavy (non-hydrogen) atoms. The van der Waals surface area contributed by atoms with Gasteiger partial charge in [0.2, 0.25) is 5.91 Å². The third kappa shape index (κ3) is 6.75. The van der Waals surface area contributed by atoms with Crippen LogP contribution in [0.2, 0.25) is 5.02 Å². The number of amides is 1. The molecule has 0 saturated carbocycles. The van der Waals surface area contributed by atoms with Crippen molar-refractivity contribution in [2.45, 2.75) is 25.4 Å². The van der Waals surface area contributed by atoms with Gasteiger partial charge < -0.3 is 11.1 Å². The topological polar surface area (TPSA) is 68.0 Å². The Morgan fingerprint density at radius 2 is 2.00 bits per heavy atom. The molecule has 2 aromatic rings. The Hall–Kier alpha value is -1.33. The van der Waals surface area contributed by atoms with E-state index in [9.17, 15) is 4.79 Å². The number of carbonyl (C=O) groups excluding carboxylic acids is 1. The van der Waals surface area contributed by atoms with Crippen molar-refractivity contribution < 1.29 is 4.79 Å². The molecule has 1 heterocycles. The average Bonchev–Trinajstić information content (AvgIpc) is 2.45. The first-order valence-electron chi connectivity index (χ1n) is 6.77. The molecule has 0 aliphatic rings. The minimum Gasteiger partial charge on any atom is -0.344 e. The molecular formula is C16H20Cl3N3O. The van der Waals surface area contributed by atoms with Crippen LogP contribution in [0, 0.1) is 0 Å². The Labute approximate surface area is 153 Å². The summed E-state index contributed by atoms with van der Waals surface area (Å²) in [5, 5.41) is 3.59. The fourth-order valence-electron chi connectivity index (χ4n) is 2.07. The lowest BCUT2D eigenvalue weighted by molar-refractivity contribution is -0.121. The zero-order valence-electron chi connectivity index (χ0n) is 12.6. The van der Waals surface area contributed by atoms with E-state index >= 15 is 0 Å². The standard InChI is InChI=1S/C16H18ClN3O.2ClH/c1-11(18)9-15(21)20-16(14-7-2-3-8-19-14)12-5-4-6-13(17)10-12;;/h2-8,10-11,16H,9,18H2,1H3,(H,20,21);2*1H. The summed E-state index contributed by atoms with van der Waals surface area (Å²) in [5.41, 5.74) is 7.32. The van der Waals surface area contributed by atoms with Crippen LogP contribution in [-0.2, 0) is 4.79 Å². The van der Waals surface area contributed by atoms with Gasteiger partial charge in [-0.2, -0.15) is 0 Å². The SMILES string of the molecule is CC(N)CC(=O)NC(c1cccc(Cl)c1)c1ccccn1.Cl.Cl. The van der Waals surface area contributed by atoms with Crippen molar-refractivity contribution in [2.24, 2.45) is 5.73 Å². The smallest absolute Gasteiger partial charge is 0.222 e. The number of nitrogens with one attached hydrogen (secondary N) is 1. The van der Waals surface area contributed by atoms with E-state index in [-0.39, 0.29) is 49.2 Å². The highest BCUT2D eigenvalue weighted by Gasteiger charge is 2.18. The third-order valence-corrected chi connectivity index (χ3v) is 3.21. The highest BCUT2D eigenvalue weighted by Crippen LogP contribution is 2.23. The van der Waals surface area contributed by atoms with Crippen LogP contribution in [0.4, 0.5) is 0 Å². The Balaban J connectivity index is 0.00000242. The fourth-order valence-corrected chi connectivity index (χ4v) is 2.27. The van der Waals surface area contributed by atoms with Crippen LogP contribution in [0.15, 0.2) is 48.7 Å². The van der Waals surface area contributed by atoms with Crippen molar-refractivity contribution >= 4 is 42.3 Å². The van der Waals surface area contributed by atoms with Crippen molar-refractivity contribution in [1.82, 2.24) is 10.3 Å². The van der Waals surface area contributed by atoms with Gasteiger partial charge in [0.15, 0.2) is 0 Å². The first-order valence-corrected chi connectivity index (χ1v) is 7.15. The number of nitrogens with two attached hydrogens (primary N) is 1. The van der Waals surface area contributed by atoms with E-state index in [1.807, 2.05) is 36.4 Å². The number of aromatic nitrogens is 1. The van der Waals surface area contributed by atoms with Crippen LogP contribution < -0.4 is 11.1 Å². The maximum Gasteiger partial charge on any atom is 0.222 e. The van der Waals surface area contributed by atoms with Gasteiger partial charge in [0.1, 0.15) is 0 Å². The number of halogens is 3. The first kappa shape index (κ1) is 21.7. The molecule has 0 aliphatic heterocycles. The summed E-state index contributed by atoms with van der Waals surface area (Å²) < 4.78 is 0. The molecule has 0 aliphatic carbocycles. The zero-order valence-corrected chi connectivity index (χ0v) is 15.0. The van der Waals surface area contributed by atoms with Gasteiger partial charge in [-0.05, 0) is 36.8 Å². The Morgan fingerprint density at radius 3 is 2.57 bits per heavy atom. The summed E-state index contributed by atoms with van der Waals surface area (Å²) in [6, 6.07) is 12.5. The average molecular weight is 377 g/mol. The van der Waals surface area contributed by atoms with Crippen LogP contribution in [-0.4, -0.2) is 16.9 Å². The van der Waals surface area contributed by atoms with Crippen molar-refractivity contribution in [2.75, 3.05) is 0 Å². The lowest BCUT2D eigenvalue weighted by Crippen LogP contribution is -2.33. The van der Waals surface area contributed by atoms with Gasteiger partial charge in [-0.3, -0.25) is 9.78 Å². The molecular weight excluding hydrogens is 357 g/mol. The molecule has 2 unspecified atom stereocenters. The second kappa shape index (κ2) is 10.4. The summed E-state index contributed by atoms with van der Waals surface area (Å²) >= 11 is 6.04. The normalized spacial score (nSPS) is 12.3. The molecule has 126 valence electrons. The molecule has 3 N–H and O–H groups in total. The molecule has 1 aromatic carbocycles. The van der Waals surface area contributed by atoms with Crippen LogP contribution in [0.5, 0.6) is 0 Å². The number of benzene rings is 1. The quantitative estimate of drug-likeness (QED) is 0.839. The van der Waals surface area contributed by atoms with Gasteiger partial charge in [-0.15, -0.1) is 24.8 Å². The number of pyridine rings is 1. The van der Waals surface area contributed by atoms with E-state index in [1.165, 1.54) is 0 Å². The van der Waals surface area contributed by atoms with Gasteiger partial charge in [0, 0.05) is 23.7 Å². The maximum atomic E-state index is 12.0. The zero-order chi connectivity index (χ0) is 15.2. The summed E-state index contributed by atoms with van der Waals surface area (Å²) in [5.74, 6) is -0.111. The molecule has 0 saturated heterocycles. The molecule has 7 heteroatoms. The van der Waals surface area contributed by atoms with Crippen LogP contribution in [0.25, 0.3) is 0 Å². The van der Waals surface area contributed by atoms with Crippen LogP contribution >= 0.6 is 36.4 Å². The second-order valence-electron chi connectivity index (χ2n) is 4.99. The largest absolute Gasteiger partial charge is 0.344 e. The third-order valence-electron chi connectivity index (χ3n) is 2.98. The fraction of sp³-hybridized carbons (Fsp3) is 0.250.